The average molecular weight is 351 g/mol. The molecular weight excluding hydrogens is 340 g/mol. The summed E-state index contributed by atoms with van der Waals surface area (Å²) in [5.41, 5.74) is 2.92. The van der Waals surface area contributed by atoms with Gasteiger partial charge in [0.1, 0.15) is 0 Å². The fraction of sp³-hybridized carbons (Fsp3) is 0. The predicted octanol–water partition coefficient (Wildman–Crippen LogP) is 3.27. The van der Waals surface area contributed by atoms with Gasteiger partial charge in [-0.2, -0.15) is 5.10 Å². The zero-order valence-electron chi connectivity index (χ0n) is 11.6. The summed E-state index contributed by atoms with van der Waals surface area (Å²) in [6.45, 7) is 0. The van der Waals surface area contributed by atoms with Crippen LogP contribution in [0.5, 0.6) is 5.75 Å². The van der Waals surface area contributed by atoms with Gasteiger partial charge < -0.3 is 10.4 Å². The number of hydrogen-bond acceptors (Lipinski definition) is 5. The van der Waals surface area contributed by atoms with Crippen LogP contribution < -0.4 is 10.7 Å². The summed E-state index contributed by atoms with van der Waals surface area (Å²) in [7, 11) is 0. The molecule has 0 aliphatic rings. The molecule has 0 aliphatic heterocycles. The lowest BCUT2D eigenvalue weighted by Gasteiger charge is -2.06. The second kappa shape index (κ2) is 7.52. The quantitative estimate of drug-likeness (QED) is 0.338. The SMILES string of the molecule is O=[N+]([O-])c1cc(Cl)cc(/C=N/NC(=S)Nc2ccccc2)c1O. The fourth-order valence-corrected chi connectivity index (χ4v) is 2.08. The van der Waals surface area contributed by atoms with Crippen LogP contribution in [-0.2, 0) is 0 Å². The van der Waals surface area contributed by atoms with Gasteiger partial charge in [-0.1, -0.05) is 29.8 Å². The Balaban J connectivity index is 2.06. The van der Waals surface area contributed by atoms with Crippen molar-refractivity contribution in [2.24, 2.45) is 5.10 Å². The standard InChI is InChI=1S/C14H11ClN4O3S/c15-10-6-9(13(20)12(7-10)19(21)22)8-16-18-14(23)17-11-4-2-1-3-5-11/h1-8,20H,(H2,17,18,23)/b16-8+. The number of anilines is 1. The van der Waals surface area contributed by atoms with Crippen molar-refractivity contribution in [2.45, 2.75) is 0 Å². The number of thiocarbonyl (C=S) groups is 1. The molecule has 0 amide bonds. The average Bonchev–Trinajstić information content (AvgIpc) is 2.51. The minimum Gasteiger partial charge on any atom is -0.502 e. The van der Waals surface area contributed by atoms with E-state index in [0.717, 1.165) is 11.8 Å². The van der Waals surface area contributed by atoms with Gasteiger partial charge in [0.15, 0.2) is 5.11 Å². The lowest BCUT2D eigenvalue weighted by Crippen LogP contribution is -2.23. The Labute approximate surface area is 141 Å². The Hall–Kier alpha value is -2.71. The highest BCUT2D eigenvalue weighted by Gasteiger charge is 2.17. The van der Waals surface area contributed by atoms with E-state index in [4.69, 9.17) is 23.8 Å². The van der Waals surface area contributed by atoms with Crippen LogP contribution in [0.3, 0.4) is 0 Å². The lowest BCUT2D eigenvalue weighted by molar-refractivity contribution is -0.385. The van der Waals surface area contributed by atoms with E-state index in [9.17, 15) is 15.2 Å². The molecular formula is C14H11ClN4O3S. The fourth-order valence-electron chi connectivity index (χ4n) is 1.68. The minimum absolute atomic E-state index is 0.0965. The molecule has 0 fully saturated rings. The molecule has 0 unspecified atom stereocenters. The third-order valence-electron chi connectivity index (χ3n) is 2.68. The number of para-hydroxylation sites is 1. The van der Waals surface area contributed by atoms with E-state index in [1.807, 2.05) is 30.3 Å². The van der Waals surface area contributed by atoms with Gasteiger partial charge in [-0.25, -0.2) is 0 Å². The molecule has 0 spiro atoms. The normalized spacial score (nSPS) is 10.5. The Morgan fingerprint density at radius 2 is 2.04 bits per heavy atom. The van der Waals surface area contributed by atoms with Crippen LogP contribution in [0, 0.1) is 10.1 Å². The molecule has 118 valence electrons. The van der Waals surface area contributed by atoms with Crippen molar-refractivity contribution in [3.05, 3.63) is 63.2 Å². The molecule has 3 N–H and O–H groups in total. The third kappa shape index (κ3) is 4.63. The van der Waals surface area contributed by atoms with E-state index >= 15 is 0 Å². The second-order valence-electron chi connectivity index (χ2n) is 4.31. The Kier molecular flexibility index (Phi) is 5.45. The first-order chi connectivity index (χ1) is 11.0. The van der Waals surface area contributed by atoms with Gasteiger partial charge in [-0.3, -0.25) is 15.5 Å². The maximum absolute atomic E-state index is 10.8. The Morgan fingerprint density at radius 3 is 2.70 bits per heavy atom. The number of aromatic hydroxyl groups is 1. The number of nitrogens with one attached hydrogen (secondary N) is 2. The van der Waals surface area contributed by atoms with E-state index in [1.165, 1.54) is 12.3 Å². The van der Waals surface area contributed by atoms with Crippen LogP contribution in [0.4, 0.5) is 11.4 Å². The maximum atomic E-state index is 10.8. The van der Waals surface area contributed by atoms with Crippen molar-refractivity contribution < 1.29 is 10.0 Å². The van der Waals surface area contributed by atoms with Gasteiger partial charge in [0.25, 0.3) is 0 Å². The number of phenolic OH excluding ortho intramolecular Hbond substituents is 1. The van der Waals surface area contributed by atoms with Crippen LogP contribution in [0.25, 0.3) is 0 Å². The van der Waals surface area contributed by atoms with Crippen LogP contribution in [0.15, 0.2) is 47.6 Å². The molecule has 0 aliphatic carbocycles. The summed E-state index contributed by atoms with van der Waals surface area (Å²) in [6.07, 6.45) is 1.19. The van der Waals surface area contributed by atoms with Crippen molar-refractivity contribution in [3.8, 4) is 5.75 Å². The third-order valence-corrected chi connectivity index (χ3v) is 3.09. The highest BCUT2D eigenvalue weighted by molar-refractivity contribution is 7.80. The Morgan fingerprint density at radius 1 is 1.35 bits per heavy atom. The van der Waals surface area contributed by atoms with Gasteiger partial charge >= 0.3 is 5.69 Å². The Bertz CT molecular complexity index is 768. The highest BCUT2D eigenvalue weighted by atomic mass is 35.5. The van der Waals surface area contributed by atoms with Gasteiger partial charge in [-0.05, 0) is 30.4 Å². The maximum Gasteiger partial charge on any atom is 0.312 e. The monoisotopic (exact) mass is 350 g/mol. The number of benzene rings is 2. The summed E-state index contributed by atoms with van der Waals surface area (Å²) < 4.78 is 0. The number of rotatable bonds is 4. The zero-order chi connectivity index (χ0) is 16.8. The summed E-state index contributed by atoms with van der Waals surface area (Å²) in [6, 6.07) is 11.6. The van der Waals surface area contributed by atoms with Crippen molar-refractivity contribution in [2.75, 3.05) is 5.32 Å². The molecule has 0 atom stereocenters. The molecule has 2 aromatic carbocycles. The minimum atomic E-state index is -0.729. The lowest BCUT2D eigenvalue weighted by atomic mass is 10.2. The van der Waals surface area contributed by atoms with Crippen LogP contribution in [-0.4, -0.2) is 21.4 Å². The van der Waals surface area contributed by atoms with Gasteiger partial charge in [-0.15, -0.1) is 0 Å². The van der Waals surface area contributed by atoms with E-state index in [2.05, 4.69) is 15.8 Å². The summed E-state index contributed by atoms with van der Waals surface area (Å²) in [4.78, 5) is 10.1. The van der Waals surface area contributed by atoms with E-state index < -0.39 is 16.4 Å². The van der Waals surface area contributed by atoms with Crippen molar-refractivity contribution in [1.29, 1.82) is 0 Å². The summed E-state index contributed by atoms with van der Waals surface area (Å²) >= 11 is 10.8. The smallest absolute Gasteiger partial charge is 0.312 e. The molecule has 23 heavy (non-hydrogen) atoms. The van der Waals surface area contributed by atoms with E-state index in [0.29, 0.717) is 0 Å². The van der Waals surface area contributed by atoms with Gasteiger partial charge in [0.05, 0.1) is 11.1 Å². The molecule has 0 heterocycles. The molecule has 9 heteroatoms. The molecule has 7 nitrogen and oxygen atoms in total. The van der Waals surface area contributed by atoms with Crippen LogP contribution in [0.1, 0.15) is 5.56 Å². The number of nitro benzene ring substituents is 1. The largest absolute Gasteiger partial charge is 0.502 e. The predicted molar refractivity (Wildman–Crippen MR) is 93.2 cm³/mol. The number of nitro groups is 1. The summed E-state index contributed by atoms with van der Waals surface area (Å²) in [5, 5.41) is 27.7. The number of hydrogen-bond donors (Lipinski definition) is 3. The zero-order valence-corrected chi connectivity index (χ0v) is 13.1. The van der Waals surface area contributed by atoms with Gasteiger partial charge in [0.2, 0.25) is 5.75 Å². The number of hydrazone groups is 1. The first kappa shape index (κ1) is 16.7. The topological polar surface area (TPSA) is 99.8 Å². The van der Waals surface area contributed by atoms with Crippen LogP contribution in [0.2, 0.25) is 5.02 Å². The van der Waals surface area contributed by atoms with E-state index in [-0.39, 0.29) is 15.7 Å². The number of nitrogens with zero attached hydrogens (tertiary/aromatic N) is 2. The van der Waals surface area contributed by atoms with Crippen LogP contribution >= 0.6 is 23.8 Å². The van der Waals surface area contributed by atoms with Crippen molar-refractivity contribution >= 4 is 46.5 Å². The molecule has 2 rings (SSSR count). The molecule has 0 saturated carbocycles. The second-order valence-corrected chi connectivity index (χ2v) is 5.15. The van der Waals surface area contributed by atoms with Crippen molar-refractivity contribution in [3.63, 3.8) is 0 Å². The summed E-state index contributed by atoms with van der Waals surface area (Å²) in [5.74, 6) is -0.521. The number of phenols is 1. The first-order valence-corrected chi connectivity index (χ1v) is 7.08. The molecule has 0 bridgehead atoms. The van der Waals surface area contributed by atoms with E-state index in [1.54, 1.807) is 0 Å². The first-order valence-electron chi connectivity index (χ1n) is 6.29. The molecule has 0 aromatic heterocycles. The highest BCUT2D eigenvalue weighted by Crippen LogP contribution is 2.32. The molecule has 2 aromatic rings. The molecule has 0 radical (unpaired) electrons. The van der Waals surface area contributed by atoms with Crippen molar-refractivity contribution in [1.82, 2.24) is 5.43 Å². The van der Waals surface area contributed by atoms with Gasteiger partial charge in [0, 0.05) is 22.3 Å². The molecule has 0 saturated heterocycles. The number of halogens is 1.